The lowest BCUT2D eigenvalue weighted by Gasteiger charge is -2.03. The first-order valence-corrected chi connectivity index (χ1v) is 6.91. The topological polar surface area (TPSA) is 46.9 Å². The monoisotopic (exact) mass is 329 g/mol. The summed E-state index contributed by atoms with van der Waals surface area (Å²) in [4.78, 5) is 16.5. The van der Waals surface area contributed by atoms with Crippen molar-refractivity contribution in [3.63, 3.8) is 0 Å². The van der Waals surface area contributed by atoms with Crippen molar-refractivity contribution in [2.24, 2.45) is 7.05 Å². The van der Waals surface area contributed by atoms with Gasteiger partial charge in [-0.25, -0.2) is 4.98 Å². The molecule has 0 bridgehead atoms. The summed E-state index contributed by atoms with van der Waals surface area (Å²) in [6, 6.07) is 11.4. The molecular weight excluding hydrogens is 318 g/mol. The van der Waals surface area contributed by atoms with Crippen LogP contribution in [0, 0.1) is 0 Å². The van der Waals surface area contributed by atoms with Gasteiger partial charge in [0.15, 0.2) is 0 Å². The largest absolute Gasteiger partial charge is 0.350 e. The van der Waals surface area contributed by atoms with Gasteiger partial charge in [-0.05, 0) is 18.2 Å². The minimum Gasteiger partial charge on any atom is -0.350 e. The number of carbonyl (C=O) groups excluding carboxylic acids is 1. The first kappa shape index (κ1) is 12.9. The van der Waals surface area contributed by atoms with Gasteiger partial charge in [-0.3, -0.25) is 4.79 Å². The number of anilines is 1. The van der Waals surface area contributed by atoms with E-state index >= 15 is 0 Å². The van der Waals surface area contributed by atoms with Crippen molar-refractivity contribution in [1.29, 1.82) is 0 Å². The number of hydrogen-bond acceptors (Lipinski definition) is 2. The number of rotatable bonds is 2. The zero-order valence-electron chi connectivity index (χ0n) is 10.8. The third-order valence-electron chi connectivity index (χ3n) is 3.11. The summed E-state index contributed by atoms with van der Waals surface area (Å²) < 4.78 is 2.82. The maximum atomic E-state index is 12.4. The van der Waals surface area contributed by atoms with E-state index in [4.69, 9.17) is 0 Å². The molecule has 0 radical (unpaired) electrons. The number of fused-ring (bicyclic) bond motifs is 1. The van der Waals surface area contributed by atoms with Crippen LogP contribution < -0.4 is 5.32 Å². The highest BCUT2D eigenvalue weighted by Gasteiger charge is 2.14. The molecule has 2 aromatic heterocycles. The van der Waals surface area contributed by atoms with Gasteiger partial charge in [-0.1, -0.05) is 34.1 Å². The van der Waals surface area contributed by atoms with Crippen molar-refractivity contribution >= 4 is 38.6 Å². The molecule has 1 aromatic carbocycles. The van der Waals surface area contributed by atoms with Gasteiger partial charge in [-0.2, -0.15) is 0 Å². The highest BCUT2D eigenvalue weighted by atomic mass is 79.9. The standard InChI is InChI=1S/C15H12BrN3O/c1-19-9-12(11-4-2-3-5-13(11)19)15(20)18-14-8-10(16)6-7-17-14/h2-9H,1H3,(H,17,18,20). The van der Waals surface area contributed by atoms with Crippen LogP contribution in [-0.2, 0) is 7.05 Å². The maximum absolute atomic E-state index is 12.4. The second-order valence-corrected chi connectivity index (χ2v) is 5.40. The molecule has 0 spiro atoms. The summed E-state index contributed by atoms with van der Waals surface area (Å²) >= 11 is 3.36. The van der Waals surface area contributed by atoms with Crippen molar-refractivity contribution in [1.82, 2.24) is 9.55 Å². The lowest BCUT2D eigenvalue weighted by Crippen LogP contribution is -2.12. The number of aromatic nitrogens is 2. The molecule has 3 aromatic rings. The van der Waals surface area contributed by atoms with Gasteiger partial charge < -0.3 is 9.88 Å². The number of carbonyl (C=O) groups is 1. The molecule has 0 atom stereocenters. The average Bonchev–Trinajstić information content (AvgIpc) is 2.77. The van der Waals surface area contributed by atoms with Gasteiger partial charge >= 0.3 is 0 Å². The van der Waals surface area contributed by atoms with Gasteiger partial charge in [0.25, 0.3) is 5.91 Å². The molecule has 0 unspecified atom stereocenters. The average molecular weight is 330 g/mol. The first-order chi connectivity index (χ1) is 9.65. The summed E-state index contributed by atoms with van der Waals surface area (Å²) in [7, 11) is 1.93. The van der Waals surface area contributed by atoms with Crippen LogP contribution in [0.25, 0.3) is 10.9 Å². The molecule has 5 heteroatoms. The Labute approximate surface area is 124 Å². The summed E-state index contributed by atoms with van der Waals surface area (Å²) in [6.07, 6.45) is 3.47. The Kier molecular flexibility index (Phi) is 3.28. The van der Waals surface area contributed by atoms with Gasteiger partial charge in [-0.15, -0.1) is 0 Å². The molecule has 100 valence electrons. The van der Waals surface area contributed by atoms with E-state index in [9.17, 15) is 4.79 Å². The molecule has 20 heavy (non-hydrogen) atoms. The Hall–Kier alpha value is -2.14. The van der Waals surface area contributed by atoms with Crippen molar-refractivity contribution < 1.29 is 4.79 Å². The van der Waals surface area contributed by atoms with Crippen molar-refractivity contribution in [3.8, 4) is 0 Å². The molecule has 0 aliphatic heterocycles. The van der Waals surface area contributed by atoms with Crippen LogP contribution in [0.1, 0.15) is 10.4 Å². The highest BCUT2D eigenvalue weighted by Crippen LogP contribution is 2.21. The number of para-hydroxylation sites is 1. The van der Waals surface area contributed by atoms with Gasteiger partial charge in [0.05, 0.1) is 5.56 Å². The zero-order valence-corrected chi connectivity index (χ0v) is 12.4. The number of aryl methyl sites for hydroxylation is 1. The molecular formula is C15H12BrN3O. The predicted octanol–water partition coefficient (Wildman–Crippen LogP) is 3.59. The number of nitrogens with one attached hydrogen (secondary N) is 1. The predicted molar refractivity (Wildman–Crippen MR) is 82.8 cm³/mol. The van der Waals surface area contributed by atoms with Crippen LogP contribution in [-0.4, -0.2) is 15.5 Å². The maximum Gasteiger partial charge on any atom is 0.258 e. The Balaban J connectivity index is 1.97. The Bertz CT molecular complexity index is 795. The second-order valence-electron chi connectivity index (χ2n) is 4.48. The van der Waals surface area contributed by atoms with Crippen molar-refractivity contribution in [2.45, 2.75) is 0 Å². The van der Waals surface area contributed by atoms with E-state index in [0.29, 0.717) is 11.4 Å². The Morgan fingerprint density at radius 2 is 2.10 bits per heavy atom. The molecule has 0 aliphatic carbocycles. The first-order valence-electron chi connectivity index (χ1n) is 6.12. The Morgan fingerprint density at radius 1 is 1.30 bits per heavy atom. The third-order valence-corrected chi connectivity index (χ3v) is 3.60. The summed E-state index contributed by atoms with van der Waals surface area (Å²) in [5, 5.41) is 3.74. The van der Waals surface area contributed by atoms with E-state index in [1.165, 1.54) is 0 Å². The number of hydrogen-bond donors (Lipinski definition) is 1. The third kappa shape index (κ3) is 2.32. The zero-order chi connectivity index (χ0) is 14.1. The van der Waals surface area contributed by atoms with Gasteiger partial charge in [0.1, 0.15) is 5.82 Å². The summed E-state index contributed by atoms with van der Waals surface area (Å²) in [5.74, 6) is 0.365. The van der Waals surface area contributed by atoms with Crippen LogP contribution >= 0.6 is 15.9 Å². The number of pyridine rings is 1. The van der Waals surface area contributed by atoms with Crippen molar-refractivity contribution in [3.05, 3.63) is 58.8 Å². The quantitative estimate of drug-likeness (QED) is 0.781. The molecule has 1 amide bonds. The molecule has 1 N–H and O–H groups in total. The van der Waals surface area contributed by atoms with Crippen LogP contribution in [0.4, 0.5) is 5.82 Å². The minimum absolute atomic E-state index is 0.160. The SMILES string of the molecule is Cn1cc(C(=O)Nc2cc(Br)ccn2)c2ccccc21. The number of halogens is 1. The molecule has 0 saturated carbocycles. The molecule has 3 rings (SSSR count). The van der Waals surface area contributed by atoms with E-state index in [1.54, 1.807) is 12.3 Å². The fraction of sp³-hybridized carbons (Fsp3) is 0.0667. The van der Waals surface area contributed by atoms with Crippen LogP contribution in [0.2, 0.25) is 0 Å². The molecule has 4 nitrogen and oxygen atoms in total. The molecule has 0 aliphatic rings. The van der Waals surface area contributed by atoms with Gasteiger partial charge in [0.2, 0.25) is 0 Å². The second kappa shape index (κ2) is 5.09. The fourth-order valence-electron chi connectivity index (χ4n) is 2.18. The molecule has 0 saturated heterocycles. The van der Waals surface area contributed by atoms with E-state index < -0.39 is 0 Å². The number of nitrogens with zero attached hydrogens (tertiary/aromatic N) is 2. The van der Waals surface area contributed by atoms with Crippen LogP contribution in [0.15, 0.2) is 53.3 Å². The van der Waals surface area contributed by atoms with Crippen LogP contribution in [0.5, 0.6) is 0 Å². The Morgan fingerprint density at radius 3 is 2.90 bits per heavy atom. The normalized spacial score (nSPS) is 10.7. The smallest absolute Gasteiger partial charge is 0.258 e. The summed E-state index contributed by atoms with van der Waals surface area (Å²) in [6.45, 7) is 0. The van der Waals surface area contributed by atoms with Crippen LogP contribution in [0.3, 0.4) is 0 Å². The highest BCUT2D eigenvalue weighted by molar-refractivity contribution is 9.10. The minimum atomic E-state index is -0.160. The van der Waals surface area contributed by atoms with E-state index in [-0.39, 0.29) is 5.91 Å². The lowest BCUT2D eigenvalue weighted by atomic mass is 10.1. The van der Waals surface area contributed by atoms with Crippen molar-refractivity contribution in [2.75, 3.05) is 5.32 Å². The number of benzene rings is 1. The van der Waals surface area contributed by atoms with E-state index in [1.807, 2.05) is 48.1 Å². The number of amides is 1. The summed E-state index contributed by atoms with van der Waals surface area (Å²) in [5.41, 5.74) is 1.67. The lowest BCUT2D eigenvalue weighted by molar-refractivity contribution is 0.102. The fourth-order valence-corrected chi connectivity index (χ4v) is 2.51. The van der Waals surface area contributed by atoms with E-state index in [0.717, 1.165) is 15.4 Å². The van der Waals surface area contributed by atoms with Gasteiger partial charge in [0, 0.05) is 34.8 Å². The molecule has 2 heterocycles. The van der Waals surface area contributed by atoms with E-state index in [2.05, 4.69) is 26.2 Å². The molecule has 0 fully saturated rings.